The van der Waals surface area contributed by atoms with Crippen molar-refractivity contribution in [2.75, 3.05) is 10.6 Å². The van der Waals surface area contributed by atoms with Crippen LogP contribution in [0.4, 0.5) is 29.1 Å². The summed E-state index contributed by atoms with van der Waals surface area (Å²) < 4.78 is 60.6. The van der Waals surface area contributed by atoms with Crippen molar-refractivity contribution in [1.29, 1.82) is 0 Å². The summed E-state index contributed by atoms with van der Waals surface area (Å²) in [6.07, 6.45) is -1.76. The van der Waals surface area contributed by atoms with E-state index >= 15 is 4.39 Å². The lowest BCUT2D eigenvalue weighted by Crippen LogP contribution is -2.31. The van der Waals surface area contributed by atoms with Crippen molar-refractivity contribution in [3.63, 3.8) is 0 Å². The predicted octanol–water partition coefficient (Wildman–Crippen LogP) is 3.38. The number of rotatable bonds is 4. The van der Waals surface area contributed by atoms with Crippen molar-refractivity contribution in [3.8, 4) is 0 Å². The van der Waals surface area contributed by atoms with Crippen LogP contribution in [-0.2, 0) is 37.7 Å². The molecule has 4 heterocycles. The second-order valence-electron chi connectivity index (χ2n) is 7.97. The monoisotopic (exact) mass is 487 g/mol. The molecule has 0 spiro atoms. The van der Waals surface area contributed by atoms with E-state index in [1.165, 1.54) is 23.1 Å². The summed E-state index contributed by atoms with van der Waals surface area (Å²) in [6.45, 7) is 0.235. The third-order valence-electron chi connectivity index (χ3n) is 5.63. The molecule has 0 saturated carbocycles. The molecule has 0 aliphatic carbocycles. The van der Waals surface area contributed by atoms with Gasteiger partial charge < -0.3 is 10.5 Å². The zero-order valence-corrected chi connectivity index (χ0v) is 18.2. The highest BCUT2D eigenvalue weighted by atomic mass is 19.4. The Labute approximate surface area is 195 Å². The molecular formula is C22H17F4N7O2. The van der Waals surface area contributed by atoms with Gasteiger partial charge in [-0.1, -0.05) is 0 Å². The van der Waals surface area contributed by atoms with Crippen molar-refractivity contribution in [1.82, 2.24) is 25.0 Å². The van der Waals surface area contributed by atoms with Crippen LogP contribution >= 0.6 is 0 Å². The molecule has 0 saturated heterocycles. The molecule has 5 rings (SSSR count). The van der Waals surface area contributed by atoms with Crippen LogP contribution < -0.4 is 10.6 Å². The Kier molecular flexibility index (Phi) is 5.35. The van der Waals surface area contributed by atoms with Gasteiger partial charge in [-0.2, -0.15) is 23.4 Å². The molecule has 0 radical (unpaired) electrons. The van der Waals surface area contributed by atoms with E-state index in [2.05, 4.69) is 20.3 Å². The molecule has 0 unspecified atom stereocenters. The molecule has 0 fully saturated rings. The van der Waals surface area contributed by atoms with Gasteiger partial charge in [-0.05, 0) is 23.8 Å². The van der Waals surface area contributed by atoms with Crippen molar-refractivity contribution in [2.24, 2.45) is 7.05 Å². The standard InChI is InChI=1S/C22H17F4N7O2/c1-32-8-12(6-28-32)33(7-11-2-3-19(31-30-11)22(24,25)26)21(34)14-4-13-15-9-35-10-16(15)20(27)29-18(13)5-17(14)23/h2-6,8H,7,9-10H2,1H3,(H2,27,29). The summed E-state index contributed by atoms with van der Waals surface area (Å²) in [4.78, 5) is 18.9. The number of nitrogens with two attached hydrogens (primary N) is 1. The fourth-order valence-electron chi connectivity index (χ4n) is 3.89. The second kappa shape index (κ2) is 8.27. The van der Waals surface area contributed by atoms with E-state index in [4.69, 9.17) is 10.5 Å². The number of nitrogen functional groups attached to an aromatic ring is 1. The van der Waals surface area contributed by atoms with Crippen molar-refractivity contribution in [2.45, 2.75) is 25.9 Å². The van der Waals surface area contributed by atoms with E-state index in [9.17, 15) is 18.0 Å². The average Bonchev–Trinajstić information content (AvgIpc) is 3.46. The van der Waals surface area contributed by atoms with E-state index in [1.54, 1.807) is 7.05 Å². The number of ether oxygens (including phenoxy) is 1. The summed E-state index contributed by atoms with van der Waals surface area (Å²) in [5, 5.41) is 11.4. The highest BCUT2D eigenvalue weighted by Crippen LogP contribution is 2.33. The third kappa shape index (κ3) is 4.14. The highest BCUT2D eigenvalue weighted by Gasteiger charge is 2.33. The summed E-state index contributed by atoms with van der Waals surface area (Å²) >= 11 is 0. The Bertz CT molecular complexity index is 1450. The van der Waals surface area contributed by atoms with Gasteiger partial charge in [-0.3, -0.25) is 14.4 Å². The molecular weight excluding hydrogens is 470 g/mol. The molecule has 180 valence electrons. The number of carbonyl (C=O) groups excluding carboxylic acids is 1. The zero-order chi connectivity index (χ0) is 24.9. The third-order valence-corrected chi connectivity index (χ3v) is 5.63. The Hall–Kier alpha value is -4.13. The number of fused-ring (bicyclic) bond motifs is 3. The number of aryl methyl sites for hydroxylation is 1. The number of halogens is 4. The number of carbonyl (C=O) groups is 1. The largest absolute Gasteiger partial charge is 0.435 e. The first-order valence-corrected chi connectivity index (χ1v) is 10.3. The fourth-order valence-corrected chi connectivity index (χ4v) is 3.89. The molecule has 1 aliphatic heterocycles. The van der Waals surface area contributed by atoms with Crippen molar-refractivity contribution < 1.29 is 27.1 Å². The van der Waals surface area contributed by atoms with Gasteiger partial charge in [0.2, 0.25) is 0 Å². The molecule has 9 nitrogen and oxygen atoms in total. The molecule has 1 aliphatic rings. The minimum atomic E-state index is -4.65. The van der Waals surface area contributed by atoms with Crippen LogP contribution in [-0.4, -0.2) is 30.9 Å². The van der Waals surface area contributed by atoms with E-state index in [0.29, 0.717) is 16.6 Å². The lowest BCUT2D eigenvalue weighted by atomic mass is 10.0. The van der Waals surface area contributed by atoms with Gasteiger partial charge in [0, 0.05) is 30.3 Å². The van der Waals surface area contributed by atoms with Gasteiger partial charge >= 0.3 is 6.18 Å². The SMILES string of the molecule is Cn1cc(N(Cc2ccc(C(F)(F)F)nn2)C(=O)c2cc3c4c(c(N)nc3cc2F)COC4)cn1. The van der Waals surface area contributed by atoms with E-state index in [-0.39, 0.29) is 42.4 Å². The number of amides is 1. The Morgan fingerprint density at radius 2 is 1.97 bits per heavy atom. The minimum absolute atomic E-state index is 0.0696. The molecule has 2 N–H and O–H groups in total. The predicted molar refractivity (Wildman–Crippen MR) is 115 cm³/mol. The molecule has 0 bridgehead atoms. The quantitative estimate of drug-likeness (QED) is 0.439. The Balaban J connectivity index is 1.56. The first-order chi connectivity index (χ1) is 16.6. The molecule has 1 aromatic carbocycles. The van der Waals surface area contributed by atoms with Crippen LogP contribution in [0.25, 0.3) is 10.9 Å². The zero-order valence-electron chi connectivity index (χ0n) is 18.2. The molecule has 0 atom stereocenters. The van der Waals surface area contributed by atoms with E-state index < -0.39 is 23.6 Å². The van der Waals surface area contributed by atoms with Crippen LogP contribution in [0.3, 0.4) is 0 Å². The molecule has 1 amide bonds. The van der Waals surface area contributed by atoms with Crippen molar-refractivity contribution in [3.05, 3.63) is 70.6 Å². The maximum Gasteiger partial charge on any atom is 0.435 e. The normalized spacial score (nSPS) is 13.3. The van der Waals surface area contributed by atoms with Crippen LogP contribution in [0, 0.1) is 5.82 Å². The van der Waals surface area contributed by atoms with Crippen LogP contribution in [0.1, 0.15) is 32.9 Å². The first-order valence-electron chi connectivity index (χ1n) is 10.3. The number of aromatic nitrogens is 5. The van der Waals surface area contributed by atoms with Gasteiger partial charge in [-0.25, -0.2) is 9.37 Å². The number of pyridine rings is 1. The minimum Gasteiger partial charge on any atom is -0.383 e. The number of anilines is 2. The Morgan fingerprint density at radius 3 is 2.63 bits per heavy atom. The maximum atomic E-state index is 15.1. The van der Waals surface area contributed by atoms with Gasteiger partial charge in [0.15, 0.2) is 5.69 Å². The summed E-state index contributed by atoms with van der Waals surface area (Å²) in [5.41, 5.74) is 6.58. The second-order valence-corrected chi connectivity index (χ2v) is 7.97. The number of nitrogens with zero attached hydrogens (tertiary/aromatic N) is 6. The molecule has 3 aromatic heterocycles. The average molecular weight is 487 g/mol. The number of benzene rings is 1. The molecule has 13 heteroatoms. The lowest BCUT2D eigenvalue weighted by molar-refractivity contribution is -0.141. The van der Waals surface area contributed by atoms with Crippen LogP contribution in [0.15, 0.2) is 36.7 Å². The van der Waals surface area contributed by atoms with Gasteiger partial charge in [-0.15, -0.1) is 5.10 Å². The van der Waals surface area contributed by atoms with Crippen molar-refractivity contribution >= 4 is 28.3 Å². The van der Waals surface area contributed by atoms with Crippen LogP contribution in [0.5, 0.6) is 0 Å². The summed E-state index contributed by atoms with van der Waals surface area (Å²) in [7, 11) is 1.63. The smallest absolute Gasteiger partial charge is 0.383 e. The topological polar surface area (TPSA) is 112 Å². The Morgan fingerprint density at radius 1 is 1.20 bits per heavy atom. The van der Waals surface area contributed by atoms with Gasteiger partial charge in [0.1, 0.15) is 11.6 Å². The number of hydrogen-bond donors (Lipinski definition) is 1. The highest BCUT2D eigenvalue weighted by molar-refractivity contribution is 6.08. The van der Waals surface area contributed by atoms with Gasteiger partial charge in [0.25, 0.3) is 5.91 Å². The fraction of sp³-hybridized carbons (Fsp3) is 0.227. The van der Waals surface area contributed by atoms with E-state index in [0.717, 1.165) is 28.7 Å². The van der Waals surface area contributed by atoms with Gasteiger partial charge in [0.05, 0.1) is 48.4 Å². The maximum absolute atomic E-state index is 15.1. The molecule has 35 heavy (non-hydrogen) atoms. The van der Waals surface area contributed by atoms with E-state index in [1.807, 2.05) is 0 Å². The number of hydrogen-bond acceptors (Lipinski definition) is 7. The van der Waals surface area contributed by atoms with Crippen LogP contribution in [0.2, 0.25) is 0 Å². The lowest BCUT2D eigenvalue weighted by Gasteiger charge is -2.21. The summed E-state index contributed by atoms with van der Waals surface area (Å²) in [5.74, 6) is -1.34. The molecule has 4 aromatic rings. The number of alkyl halides is 3. The summed E-state index contributed by atoms with van der Waals surface area (Å²) in [6, 6.07) is 4.38. The first kappa shape index (κ1) is 22.7.